The van der Waals surface area contributed by atoms with Crippen LogP contribution < -0.4 is 4.90 Å². The predicted octanol–water partition coefficient (Wildman–Crippen LogP) is 4.35. The fraction of sp³-hybridized carbons (Fsp3) is 0.179. The van der Waals surface area contributed by atoms with Crippen LogP contribution >= 0.6 is 23.2 Å². The molecule has 2 saturated heterocycles. The summed E-state index contributed by atoms with van der Waals surface area (Å²) in [4.78, 5) is 57.0. The molecule has 5 rings (SSSR count). The molecular formula is C28H20Cl2N4O6. The van der Waals surface area contributed by atoms with Gasteiger partial charge in [0, 0.05) is 29.6 Å². The number of phenols is 1. The van der Waals surface area contributed by atoms with Gasteiger partial charge in [-0.3, -0.25) is 9.59 Å². The van der Waals surface area contributed by atoms with Crippen LogP contribution in [0.15, 0.2) is 60.7 Å². The summed E-state index contributed by atoms with van der Waals surface area (Å²) in [5.74, 6) is -4.19. The first-order valence-corrected chi connectivity index (χ1v) is 12.7. The minimum absolute atomic E-state index is 0.0625. The highest BCUT2D eigenvalue weighted by molar-refractivity contribution is 6.36. The lowest BCUT2D eigenvalue weighted by molar-refractivity contribution is -0.124. The average molecular weight is 579 g/mol. The average Bonchev–Trinajstić information content (AvgIpc) is 3.40. The number of likely N-dealkylation sites (tertiary alicyclic amines) is 1. The van der Waals surface area contributed by atoms with Crippen molar-refractivity contribution in [2.45, 2.75) is 11.5 Å². The number of hydrogen-bond donors (Lipinski definition) is 2. The predicted molar refractivity (Wildman–Crippen MR) is 145 cm³/mol. The molecule has 0 saturated carbocycles. The number of halogens is 2. The van der Waals surface area contributed by atoms with Gasteiger partial charge >= 0.3 is 12.0 Å². The molecule has 3 aromatic carbocycles. The molecule has 4 amide bonds. The Labute approximate surface area is 238 Å². The topological polar surface area (TPSA) is 142 Å². The third-order valence-electron chi connectivity index (χ3n) is 7.38. The number of urea groups is 1. The molecule has 12 heteroatoms. The van der Waals surface area contributed by atoms with E-state index < -0.39 is 46.6 Å². The molecule has 202 valence electrons. The lowest BCUT2D eigenvalue weighted by Crippen LogP contribution is -2.54. The highest BCUT2D eigenvalue weighted by Crippen LogP contribution is 2.47. The van der Waals surface area contributed by atoms with Crippen molar-refractivity contribution >= 4 is 52.7 Å². The first kappa shape index (κ1) is 27.0. The number of anilines is 1. The lowest BCUT2D eigenvalue weighted by atomic mass is 9.80. The smallest absolute Gasteiger partial charge is 0.340 e. The number of carboxylic acids is 1. The molecule has 10 nitrogen and oxygen atoms in total. The van der Waals surface area contributed by atoms with Crippen molar-refractivity contribution in [3.05, 3.63) is 93.0 Å². The number of imide groups is 1. The zero-order chi connectivity index (χ0) is 28.9. The Kier molecular flexibility index (Phi) is 6.66. The van der Waals surface area contributed by atoms with Gasteiger partial charge in [0.1, 0.15) is 16.9 Å². The number of hydrogen-bond acceptors (Lipinski definition) is 6. The Morgan fingerprint density at radius 1 is 1.05 bits per heavy atom. The molecule has 0 unspecified atom stereocenters. The van der Waals surface area contributed by atoms with Gasteiger partial charge in [-0.2, -0.15) is 5.26 Å². The fourth-order valence-corrected chi connectivity index (χ4v) is 5.99. The number of carboxylic acid groups (broad SMARTS) is 1. The Morgan fingerprint density at radius 2 is 1.70 bits per heavy atom. The van der Waals surface area contributed by atoms with Gasteiger partial charge in [0.25, 0.3) is 11.8 Å². The number of benzene rings is 3. The van der Waals surface area contributed by atoms with Crippen LogP contribution in [0, 0.1) is 11.3 Å². The molecule has 2 fully saturated rings. The molecule has 3 aromatic rings. The standard InChI is InChI=1S/C28H20Cl2N4O6/c1-32-27(40)34(19-10-17(29)9-18(30)11-19)26(39)28(32)14-33(13-21(28)16-7-5-15(12-31)6-8-16)24(36)20-3-2-4-22(35)23(20)25(37)38/h2-11,21,35H,13-14H2,1H3,(H,37,38)/t21-,28+/m0/s1. The van der Waals surface area contributed by atoms with E-state index in [-0.39, 0.29) is 34.4 Å². The molecule has 2 atom stereocenters. The summed E-state index contributed by atoms with van der Waals surface area (Å²) in [7, 11) is 1.45. The number of nitrogens with zero attached hydrogens (tertiary/aromatic N) is 4. The van der Waals surface area contributed by atoms with Crippen molar-refractivity contribution < 1.29 is 29.4 Å². The first-order chi connectivity index (χ1) is 19.0. The van der Waals surface area contributed by atoms with E-state index in [1.165, 1.54) is 47.2 Å². The van der Waals surface area contributed by atoms with Crippen LogP contribution in [0.2, 0.25) is 10.0 Å². The van der Waals surface area contributed by atoms with Crippen LogP contribution in [0.3, 0.4) is 0 Å². The zero-order valence-electron chi connectivity index (χ0n) is 20.8. The van der Waals surface area contributed by atoms with Crippen LogP contribution in [0.4, 0.5) is 10.5 Å². The van der Waals surface area contributed by atoms with E-state index >= 15 is 0 Å². The minimum Gasteiger partial charge on any atom is -0.507 e. The summed E-state index contributed by atoms with van der Waals surface area (Å²) in [6, 6.07) is 15.9. The maximum atomic E-state index is 14.3. The monoisotopic (exact) mass is 578 g/mol. The second-order valence-electron chi connectivity index (χ2n) is 9.51. The van der Waals surface area contributed by atoms with E-state index in [2.05, 4.69) is 0 Å². The largest absolute Gasteiger partial charge is 0.507 e. The second kappa shape index (κ2) is 9.86. The molecule has 0 radical (unpaired) electrons. The van der Waals surface area contributed by atoms with Crippen molar-refractivity contribution in [1.82, 2.24) is 9.80 Å². The highest BCUT2D eigenvalue weighted by atomic mass is 35.5. The lowest BCUT2D eigenvalue weighted by Gasteiger charge is -2.33. The molecule has 0 aliphatic carbocycles. The number of carbonyl (C=O) groups is 4. The van der Waals surface area contributed by atoms with Gasteiger partial charge in [0.05, 0.1) is 29.4 Å². The fourth-order valence-electron chi connectivity index (χ4n) is 5.47. The van der Waals surface area contributed by atoms with E-state index in [1.54, 1.807) is 24.3 Å². The molecule has 0 aromatic heterocycles. The molecule has 2 aliphatic rings. The maximum absolute atomic E-state index is 14.3. The summed E-state index contributed by atoms with van der Waals surface area (Å²) in [6.07, 6.45) is 0. The highest BCUT2D eigenvalue weighted by Gasteiger charge is 2.65. The van der Waals surface area contributed by atoms with Crippen molar-refractivity contribution in [2.75, 3.05) is 25.0 Å². The van der Waals surface area contributed by atoms with E-state index in [0.29, 0.717) is 11.1 Å². The van der Waals surface area contributed by atoms with Gasteiger partial charge in [0.15, 0.2) is 0 Å². The Hall–Kier alpha value is -4.59. The van der Waals surface area contributed by atoms with E-state index in [0.717, 1.165) is 11.0 Å². The van der Waals surface area contributed by atoms with Crippen molar-refractivity contribution in [3.63, 3.8) is 0 Å². The van der Waals surface area contributed by atoms with Gasteiger partial charge in [-0.15, -0.1) is 0 Å². The van der Waals surface area contributed by atoms with Gasteiger partial charge in [-0.1, -0.05) is 41.4 Å². The van der Waals surface area contributed by atoms with Crippen LogP contribution in [0.1, 0.15) is 37.8 Å². The Morgan fingerprint density at radius 3 is 2.30 bits per heavy atom. The molecule has 0 bridgehead atoms. The number of nitriles is 1. The van der Waals surface area contributed by atoms with Gasteiger partial charge in [0.2, 0.25) is 0 Å². The number of likely N-dealkylation sites (N-methyl/N-ethyl adjacent to an activating group) is 1. The van der Waals surface area contributed by atoms with Crippen LogP contribution in [0.25, 0.3) is 0 Å². The quantitative estimate of drug-likeness (QED) is 0.438. The van der Waals surface area contributed by atoms with Crippen molar-refractivity contribution in [1.29, 1.82) is 5.26 Å². The SMILES string of the molecule is CN1C(=O)N(c2cc(Cl)cc(Cl)c2)C(=O)[C@]12CN(C(=O)c1cccc(O)c1C(=O)O)C[C@H]2c1ccc(C#N)cc1. The summed E-state index contributed by atoms with van der Waals surface area (Å²) in [6.45, 7) is -0.329. The van der Waals surface area contributed by atoms with Gasteiger partial charge in [-0.05, 0) is 48.0 Å². The number of rotatable bonds is 4. The van der Waals surface area contributed by atoms with Crippen molar-refractivity contribution in [2.24, 2.45) is 0 Å². The number of aromatic carboxylic acids is 1. The normalized spacial score (nSPS) is 20.4. The van der Waals surface area contributed by atoms with Crippen LogP contribution in [-0.4, -0.2) is 69.5 Å². The summed E-state index contributed by atoms with van der Waals surface area (Å²) in [5.41, 5.74) is -1.30. The van der Waals surface area contributed by atoms with E-state index in [1.807, 2.05) is 6.07 Å². The number of amides is 4. The Balaban J connectivity index is 1.64. The molecule has 2 N–H and O–H groups in total. The summed E-state index contributed by atoms with van der Waals surface area (Å²) < 4.78 is 0. The Bertz CT molecular complexity index is 1620. The van der Waals surface area contributed by atoms with E-state index in [4.69, 9.17) is 23.2 Å². The van der Waals surface area contributed by atoms with Crippen molar-refractivity contribution in [3.8, 4) is 11.8 Å². The van der Waals surface area contributed by atoms with Crippen LogP contribution in [0.5, 0.6) is 5.75 Å². The van der Waals surface area contributed by atoms with E-state index in [9.17, 15) is 34.7 Å². The van der Waals surface area contributed by atoms with Crippen LogP contribution in [-0.2, 0) is 4.79 Å². The summed E-state index contributed by atoms with van der Waals surface area (Å²) >= 11 is 12.3. The third-order valence-corrected chi connectivity index (χ3v) is 7.82. The number of carbonyl (C=O) groups excluding carboxylic acids is 3. The molecular weight excluding hydrogens is 559 g/mol. The number of aromatic hydroxyl groups is 1. The molecule has 2 heterocycles. The van der Waals surface area contributed by atoms with Gasteiger partial charge in [-0.25, -0.2) is 14.5 Å². The maximum Gasteiger partial charge on any atom is 0.340 e. The minimum atomic E-state index is -1.59. The van der Waals surface area contributed by atoms with Gasteiger partial charge < -0.3 is 20.0 Å². The summed E-state index contributed by atoms with van der Waals surface area (Å²) in [5, 5.41) is 29.5. The zero-order valence-corrected chi connectivity index (χ0v) is 22.3. The third kappa shape index (κ3) is 4.11. The molecule has 40 heavy (non-hydrogen) atoms. The molecule has 2 aliphatic heterocycles. The second-order valence-corrected chi connectivity index (χ2v) is 10.4. The molecule has 1 spiro atoms. The first-order valence-electron chi connectivity index (χ1n) is 11.9.